The van der Waals surface area contributed by atoms with Crippen LogP contribution in [0.15, 0.2) is 241 Å². The second kappa shape index (κ2) is 15.1. The van der Waals surface area contributed by atoms with Gasteiger partial charge in [-0.2, -0.15) is 0 Å². The molecule has 60 heavy (non-hydrogen) atoms. The van der Waals surface area contributed by atoms with Crippen LogP contribution in [0, 0.1) is 0 Å². The molecule has 0 radical (unpaired) electrons. The van der Waals surface area contributed by atoms with E-state index in [0.717, 1.165) is 61.3 Å². The number of nitrogens with zero attached hydrogens (tertiary/aromatic N) is 1. The van der Waals surface area contributed by atoms with Gasteiger partial charge in [-0.15, -0.1) is 0 Å². The molecule has 0 N–H and O–H groups in total. The van der Waals surface area contributed by atoms with E-state index in [1.54, 1.807) is 0 Å². The van der Waals surface area contributed by atoms with Crippen molar-refractivity contribution in [3.8, 4) is 55.6 Å². The topological polar surface area (TPSA) is 16.4 Å². The molecule has 0 unspecified atom stereocenters. The number of anilines is 3. The zero-order valence-corrected chi connectivity index (χ0v) is 32.9. The highest BCUT2D eigenvalue weighted by Gasteiger charge is 2.19. The van der Waals surface area contributed by atoms with Crippen molar-refractivity contribution in [2.45, 2.75) is 0 Å². The number of hydrogen-bond donors (Lipinski definition) is 0. The van der Waals surface area contributed by atoms with E-state index in [0.29, 0.717) is 0 Å². The average Bonchev–Trinajstić information content (AvgIpc) is 3.72. The zero-order chi connectivity index (χ0) is 39.8. The molecule has 282 valence electrons. The van der Waals surface area contributed by atoms with E-state index in [-0.39, 0.29) is 0 Å². The van der Waals surface area contributed by atoms with Crippen molar-refractivity contribution < 1.29 is 4.42 Å². The molecule has 1 aromatic heterocycles. The lowest BCUT2D eigenvalue weighted by molar-refractivity contribution is 0.670. The molecule has 10 aromatic carbocycles. The normalized spacial score (nSPS) is 11.3. The van der Waals surface area contributed by atoms with E-state index in [2.05, 4.69) is 229 Å². The van der Waals surface area contributed by atoms with Crippen LogP contribution < -0.4 is 4.90 Å². The Morgan fingerprint density at radius 3 is 1.53 bits per heavy atom. The summed E-state index contributed by atoms with van der Waals surface area (Å²) in [6.45, 7) is 0. The van der Waals surface area contributed by atoms with Crippen molar-refractivity contribution in [2.24, 2.45) is 0 Å². The van der Waals surface area contributed by atoms with Crippen LogP contribution in [0.2, 0.25) is 0 Å². The Kier molecular flexibility index (Phi) is 8.87. The fraction of sp³-hybridized carbons (Fsp3) is 0. The molecule has 0 amide bonds. The molecule has 0 saturated heterocycles. The summed E-state index contributed by atoms with van der Waals surface area (Å²) in [5.74, 6) is 0. The molecule has 0 atom stereocenters. The molecule has 1 heterocycles. The number of furan rings is 1. The molecule has 11 aromatic rings. The Morgan fingerprint density at radius 1 is 0.267 bits per heavy atom. The van der Waals surface area contributed by atoms with Gasteiger partial charge in [0.1, 0.15) is 11.2 Å². The van der Waals surface area contributed by atoms with Crippen molar-refractivity contribution in [2.75, 3.05) is 4.90 Å². The SMILES string of the molecule is c1ccc(-c2cccc(-c3ccc(N(c4cccc(-c5cccc(-c6cccc7c6oc6ccccc67)c5)c4)c4ccc(-c5ccccc5)c5ccccc45)cc3)c2)cc1. The minimum Gasteiger partial charge on any atom is -0.455 e. The van der Waals surface area contributed by atoms with Crippen LogP contribution in [0.3, 0.4) is 0 Å². The Balaban J connectivity index is 1.03. The first-order valence-corrected chi connectivity index (χ1v) is 20.5. The lowest BCUT2D eigenvalue weighted by Crippen LogP contribution is -2.10. The van der Waals surface area contributed by atoms with E-state index in [4.69, 9.17) is 4.42 Å². The average molecular weight is 766 g/mol. The third-order valence-electron chi connectivity index (χ3n) is 11.7. The highest BCUT2D eigenvalue weighted by atomic mass is 16.3. The summed E-state index contributed by atoms with van der Waals surface area (Å²) >= 11 is 0. The van der Waals surface area contributed by atoms with Crippen LogP contribution in [0.5, 0.6) is 0 Å². The predicted molar refractivity (Wildman–Crippen MR) is 253 cm³/mol. The molecule has 0 aliphatic rings. The number of hydrogen-bond acceptors (Lipinski definition) is 2. The van der Waals surface area contributed by atoms with E-state index in [1.807, 2.05) is 12.1 Å². The monoisotopic (exact) mass is 765 g/mol. The summed E-state index contributed by atoms with van der Waals surface area (Å²) < 4.78 is 6.46. The number of para-hydroxylation sites is 2. The van der Waals surface area contributed by atoms with Gasteiger partial charge in [-0.3, -0.25) is 0 Å². The molecule has 0 aliphatic heterocycles. The maximum atomic E-state index is 6.46. The Morgan fingerprint density at radius 2 is 0.783 bits per heavy atom. The fourth-order valence-electron chi connectivity index (χ4n) is 8.75. The summed E-state index contributed by atoms with van der Waals surface area (Å²) in [5, 5.41) is 4.66. The summed E-state index contributed by atoms with van der Waals surface area (Å²) in [7, 11) is 0. The summed E-state index contributed by atoms with van der Waals surface area (Å²) in [5.41, 5.74) is 16.8. The van der Waals surface area contributed by atoms with Gasteiger partial charge in [0.25, 0.3) is 0 Å². The van der Waals surface area contributed by atoms with Gasteiger partial charge in [-0.1, -0.05) is 188 Å². The van der Waals surface area contributed by atoms with Crippen LogP contribution in [-0.4, -0.2) is 0 Å². The lowest BCUT2D eigenvalue weighted by atomic mass is 9.95. The molecule has 0 saturated carbocycles. The maximum Gasteiger partial charge on any atom is 0.143 e. The minimum atomic E-state index is 0.905. The van der Waals surface area contributed by atoms with Crippen LogP contribution in [-0.2, 0) is 0 Å². The van der Waals surface area contributed by atoms with Crippen molar-refractivity contribution >= 4 is 49.8 Å². The summed E-state index contributed by atoms with van der Waals surface area (Å²) in [6, 6.07) is 84.9. The standard InChI is InChI=1S/C58H39NO/c1-3-15-40(16-4-1)43-19-11-20-44(37-43)41-31-33-48(34-32-41)59(56-36-35-50(42-17-5-2-6-18-42)52-25-7-8-26-53(52)56)49-24-13-22-46(39-49)45-21-12-23-47(38-45)51-28-14-29-55-54-27-9-10-30-57(54)60-58(51)55/h1-39H. The van der Waals surface area contributed by atoms with Gasteiger partial charge in [-0.05, 0) is 104 Å². The molecule has 0 spiro atoms. The van der Waals surface area contributed by atoms with E-state index in [1.165, 1.54) is 44.2 Å². The summed E-state index contributed by atoms with van der Waals surface area (Å²) in [6.07, 6.45) is 0. The van der Waals surface area contributed by atoms with Gasteiger partial charge < -0.3 is 9.32 Å². The highest BCUT2D eigenvalue weighted by Crippen LogP contribution is 2.44. The highest BCUT2D eigenvalue weighted by molar-refractivity contribution is 6.10. The van der Waals surface area contributed by atoms with Gasteiger partial charge in [0.15, 0.2) is 0 Å². The van der Waals surface area contributed by atoms with Crippen molar-refractivity contribution in [1.29, 1.82) is 0 Å². The van der Waals surface area contributed by atoms with Gasteiger partial charge in [0, 0.05) is 33.1 Å². The molecule has 0 fully saturated rings. The first kappa shape index (κ1) is 35.2. The Hall–Kier alpha value is -7.94. The van der Waals surface area contributed by atoms with Gasteiger partial charge in [0.05, 0.1) is 5.69 Å². The van der Waals surface area contributed by atoms with Crippen LogP contribution in [0.1, 0.15) is 0 Å². The molecule has 11 rings (SSSR count). The van der Waals surface area contributed by atoms with Crippen LogP contribution in [0.4, 0.5) is 17.1 Å². The van der Waals surface area contributed by atoms with Crippen molar-refractivity contribution in [1.82, 2.24) is 0 Å². The van der Waals surface area contributed by atoms with E-state index >= 15 is 0 Å². The van der Waals surface area contributed by atoms with Crippen molar-refractivity contribution in [3.05, 3.63) is 237 Å². The number of fused-ring (bicyclic) bond motifs is 4. The largest absolute Gasteiger partial charge is 0.455 e. The van der Waals surface area contributed by atoms with Gasteiger partial charge >= 0.3 is 0 Å². The third kappa shape index (κ3) is 6.41. The molecule has 0 aliphatic carbocycles. The lowest BCUT2D eigenvalue weighted by Gasteiger charge is -2.28. The van der Waals surface area contributed by atoms with Crippen molar-refractivity contribution in [3.63, 3.8) is 0 Å². The second-order valence-electron chi connectivity index (χ2n) is 15.3. The molecular formula is C58H39NO. The predicted octanol–water partition coefficient (Wildman–Crippen LogP) is 16.5. The van der Waals surface area contributed by atoms with E-state index < -0.39 is 0 Å². The van der Waals surface area contributed by atoms with E-state index in [9.17, 15) is 0 Å². The summed E-state index contributed by atoms with van der Waals surface area (Å²) in [4.78, 5) is 2.41. The smallest absolute Gasteiger partial charge is 0.143 e. The Labute approximate surface area is 349 Å². The second-order valence-corrected chi connectivity index (χ2v) is 15.3. The van der Waals surface area contributed by atoms with Crippen LogP contribution >= 0.6 is 0 Å². The fourth-order valence-corrected chi connectivity index (χ4v) is 8.75. The molecule has 0 bridgehead atoms. The minimum absolute atomic E-state index is 0.905. The Bertz CT molecular complexity index is 3310. The third-order valence-corrected chi connectivity index (χ3v) is 11.7. The first-order valence-electron chi connectivity index (χ1n) is 20.5. The molecule has 2 heteroatoms. The first-order chi connectivity index (χ1) is 29.7. The molecule has 2 nitrogen and oxygen atoms in total. The number of rotatable bonds is 8. The van der Waals surface area contributed by atoms with Gasteiger partial charge in [0.2, 0.25) is 0 Å². The van der Waals surface area contributed by atoms with Crippen LogP contribution in [0.25, 0.3) is 88.3 Å². The zero-order valence-electron chi connectivity index (χ0n) is 32.9. The molecular weight excluding hydrogens is 727 g/mol. The quantitative estimate of drug-likeness (QED) is 0.153. The maximum absolute atomic E-state index is 6.46. The van der Waals surface area contributed by atoms with Gasteiger partial charge in [-0.25, -0.2) is 0 Å². The number of benzene rings is 10.